The Morgan fingerprint density at radius 3 is 2.90 bits per heavy atom. The van der Waals surface area contributed by atoms with Gasteiger partial charge in [-0.25, -0.2) is 0 Å². The van der Waals surface area contributed by atoms with Gasteiger partial charge in [-0.05, 0) is 38.2 Å². The Hall–Kier alpha value is -0.940. The van der Waals surface area contributed by atoms with Gasteiger partial charge in [0.05, 0.1) is 5.60 Å². The highest BCUT2D eigenvalue weighted by atomic mass is 32.2. The fourth-order valence-electron chi connectivity index (χ4n) is 2.81. The predicted molar refractivity (Wildman–Crippen MR) is 83.3 cm³/mol. The lowest BCUT2D eigenvalue weighted by Gasteiger charge is -2.23. The van der Waals surface area contributed by atoms with Crippen LogP contribution in [-0.2, 0) is 0 Å². The first-order valence-corrected chi connectivity index (χ1v) is 8.59. The highest BCUT2D eigenvalue weighted by Crippen LogP contribution is 2.30. The molecule has 2 N–H and O–H groups in total. The third-order valence-corrected chi connectivity index (χ3v) is 4.73. The topological polar surface area (TPSA) is 54.3 Å². The summed E-state index contributed by atoms with van der Waals surface area (Å²) >= 11 is 1.57. The van der Waals surface area contributed by atoms with Crippen LogP contribution in [-0.4, -0.2) is 39.7 Å². The van der Waals surface area contributed by atoms with Crippen molar-refractivity contribution in [1.82, 2.24) is 9.88 Å². The molecule has 0 bridgehead atoms. The third kappa shape index (κ3) is 3.79. The molecule has 1 fully saturated rings. The average molecular weight is 296 g/mol. The van der Waals surface area contributed by atoms with Crippen LogP contribution in [0, 0.1) is 0 Å². The third-order valence-electron chi connectivity index (χ3n) is 3.81. The molecule has 1 aromatic rings. The minimum Gasteiger partial charge on any atom is -0.387 e. The van der Waals surface area contributed by atoms with Crippen molar-refractivity contribution in [2.75, 3.05) is 18.6 Å². The first kappa shape index (κ1) is 15.4. The normalized spacial score (nSPS) is 18.9. The summed E-state index contributed by atoms with van der Waals surface area (Å²) in [7, 11) is 0. The van der Waals surface area contributed by atoms with Crippen LogP contribution >= 0.6 is 11.8 Å². The van der Waals surface area contributed by atoms with E-state index in [1.165, 1.54) is 12.8 Å². The SMILES string of the molecule is CSCC(C)(O)CNC(=O)c1cccn1C1CCCC1. The van der Waals surface area contributed by atoms with Crippen molar-refractivity contribution in [2.24, 2.45) is 0 Å². The van der Waals surface area contributed by atoms with Gasteiger partial charge in [-0.2, -0.15) is 11.8 Å². The molecular weight excluding hydrogens is 272 g/mol. The van der Waals surface area contributed by atoms with Crippen molar-refractivity contribution < 1.29 is 9.90 Å². The number of hydrogen-bond donors (Lipinski definition) is 2. The van der Waals surface area contributed by atoms with E-state index in [1.807, 2.05) is 24.6 Å². The standard InChI is InChI=1S/C15H24N2O2S/c1-15(19,11-20-2)10-16-14(18)13-8-5-9-17(13)12-6-3-4-7-12/h5,8-9,12,19H,3-4,6-7,10-11H2,1-2H3,(H,16,18). The number of amides is 1. The lowest BCUT2D eigenvalue weighted by molar-refractivity contribution is 0.0719. The number of aliphatic hydroxyl groups is 1. The number of aromatic nitrogens is 1. The Balaban J connectivity index is 1.97. The Kier molecular flexibility index (Phi) is 5.16. The lowest BCUT2D eigenvalue weighted by Crippen LogP contribution is -2.43. The van der Waals surface area contributed by atoms with E-state index in [2.05, 4.69) is 9.88 Å². The van der Waals surface area contributed by atoms with E-state index in [4.69, 9.17) is 0 Å². The average Bonchev–Trinajstić information content (AvgIpc) is 3.05. The predicted octanol–water partition coefficient (Wildman–Crippen LogP) is 2.45. The molecule has 1 aliphatic carbocycles. The number of rotatable bonds is 6. The highest BCUT2D eigenvalue weighted by molar-refractivity contribution is 7.98. The van der Waals surface area contributed by atoms with Crippen molar-refractivity contribution >= 4 is 17.7 Å². The fraction of sp³-hybridized carbons (Fsp3) is 0.667. The van der Waals surface area contributed by atoms with Crippen molar-refractivity contribution in [3.05, 3.63) is 24.0 Å². The first-order chi connectivity index (χ1) is 9.53. The summed E-state index contributed by atoms with van der Waals surface area (Å²) in [6, 6.07) is 4.24. The zero-order valence-corrected chi connectivity index (χ0v) is 13.1. The number of carbonyl (C=O) groups is 1. The molecule has 1 saturated carbocycles. The number of hydrogen-bond acceptors (Lipinski definition) is 3. The number of carbonyl (C=O) groups excluding carboxylic acids is 1. The lowest BCUT2D eigenvalue weighted by atomic mass is 10.1. The van der Waals surface area contributed by atoms with Crippen LogP contribution in [0.25, 0.3) is 0 Å². The Morgan fingerprint density at radius 1 is 1.55 bits per heavy atom. The zero-order chi connectivity index (χ0) is 14.6. The Morgan fingerprint density at radius 2 is 2.25 bits per heavy atom. The molecule has 0 spiro atoms. The van der Waals surface area contributed by atoms with Gasteiger partial charge in [0.25, 0.3) is 5.91 Å². The smallest absolute Gasteiger partial charge is 0.268 e. The molecule has 1 heterocycles. The molecule has 1 unspecified atom stereocenters. The highest BCUT2D eigenvalue weighted by Gasteiger charge is 2.24. The van der Waals surface area contributed by atoms with Crippen LogP contribution in [0.5, 0.6) is 0 Å². The van der Waals surface area contributed by atoms with Crippen LogP contribution in [0.15, 0.2) is 18.3 Å². The maximum absolute atomic E-state index is 12.3. The maximum atomic E-state index is 12.3. The van der Waals surface area contributed by atoms with E-state index in [-0.39, 0.29) is 12.5 Å². The molecule has 112 valence electrons. The van der Waals surface area contributed by atoms with E-state index in [0.717, 1.165) is 12.8 Å². The Bertz CT molecular complexity index is 450. The molecule has 2 rings (SSSR count). The maximum Gasteiger partial charge on any atom is 0.268 e. The summed E-state index contributed by atoms with van der Waals surface area (Å²) < 4.78 is 2.09. The molecule has 4 nitrogen and oxygen atoms in total. The largest absolute Gasteiger partial charge is 0.387 e. The van der Waals surface area contributed by atoms with Crippen LogP contribution in [0.1, 0.15) is 49.1 Å². The first-order valence-electron chi connectivity index (χ1n) is 7.20. The number of thioether (sulfide) groups is 1. The summed E-state index contributed by atoms with van der Waals surface area (Å²) in [5, 5.41) is 13.0. The second kappa shape index (κ2) is 6.68. The van der Waals surface area contributed by atoms with Crippen molar-refractivity contribution in [3.63, 3.8) is 0 Å². The van der Waals surface area contributed by atoms with Gasteiger partial charge in [0.2, 0.25) is 0 Å². The summed E-state index contributed by atoms with van der Waals surface area (Å²) in [6.45, 7) is 2.03. The summed E-state index contributed by atoms with van der Waals surface area (Å²) in [6.07, 6.45) is 8.73. The minimum atomic E-state index is -0.861. The van der Waals surface area contributed by atoms with Gasteiger partial charge in [0.1, 0.15) is 5.69 Å². The molecule has 0 aromatic carbocycles. The van der Waals surface area contributed by atoms with E-state index in [9.17, 15) is 9.90 Å². The summed E-state index contributed by atoms with van der Waals surface area (Å²) in [5.74, 6) is 0.514. The summed E-state index contributed by atoms with van der Waals surface area (Å²) in [5.41, 5.74) is -0.156. The summed E-state index contributed by atoms with van der Waals surface area (Å²) in [4.78, 5) is 12.3. The molecule has 0 saturated heterocycles. The van der Waals surface area contributed by atoms with Crippen LogP contribution in [0.4, 0.5) is 0 Å². The van der Waals surface area contributed by atoms with Crippen molar-refractivity contribution in [1.29, 1.82) is 0 Å². The molecule has 5 heteroatoms. The van der Waals surface area contributed by atoms with Crippen molar-refractivity contribution in [2.45, 2.75) is 44.2 Å². The second-order valence-electron chi connectivity index (χ2n) is 5.85. The molecule has 1 aromatic heterocycles. The second-order valence-corrected chi connectivity index (χ2v) is 6.72. The zero-order valence-electron chi connectivity index (χ0n) is 12.3. The molecule has 20 heavy (non-hydrogen) atoms. The molecule has 0 radical (unpaired) electrons. The molecule has 1 aliphatic rings. The number of nitrogens with one attached hydrogen (secondary N) is 1. The van der Waals surface area contributed by atoms with Gasteiger partial charge >= 0.3 is 0 Å². The van der Waals surface area contributed by atoms with Crippen LogP contribution in [0.3, 0.4) is 0 Å². The van der Waals surface area contributed by atoms with Gasteiger partial charge in [-0.3, -0.25) is 4.79 Å². The quantitative estimate of drug-likeness (QED) is 0.848. The molecule has 1 atom stereocenters. The van der Waals surface area contributed by atoms with Crippen LogP contribution < -0.4 is 5.32 Å². The molecule has 1 amide bonds. The minimum absolute atomic E-state index is 0.0942. The van der Waals surface area contributed by atoms with Crippen LogP contribution in [0.2, 0.25) is 0 Å². The number of nitrogens with zero attached hydrogens (tertiary/aromatic N) is 1. The van der Waals surface area contributed by atoms with E-state index < -0.39 is 5.60 Å². The van der Waals surface area contributed by atoms with Gasteiger partial charge in [0, 0.05) is 24.5 Å². The van der Waals surface area contributed by atoms with E-state index >= 15 is 0 Å². The fourth-order valence-corrected chi connectivity index (χ4v) is 3.53. The van der Waals surface area contributed by atoms with Crippen molar-refractivity contribution in [3.8, 4) is 0 Å². The van der Waals surface area contributed by atoms with E-state index in [0.29, 0.717) is 17.5 Å². The Labute approximate surface area is 124 Å². The molecular formula is C15H24N2O2S. The van der Waals surface area contributed by atoms with Gasteiger partial charge < -0.3 is 15.0 Å². The van der Waals surface area contributed by atoms with Gasteiger partial charge in [-0.15, -0.1) is 0 Å². The van der Waals surface area contributed by atoms with Gasteiger partial charge in [0.15, 0.2) is 0 Å². The van der Waals surface area contributed by atoms with Gasteiger partial charge in [-0.1, -0.05) is 12.8 Å². The van der Waals surface area contributed by atoms with E-state index in [1.54, 1.807) is 18.7 Å². The monoisotopic (exact) mass is 296 g/mol. The molecule has 0 aliphatic heterocycles.